The molecule has 0 rings (SSSR count). The van der Waals surface area contributed by atoms with Gasteiger partial charge in [-0.1, -0.05) is 48.1 Å². The molecule has 0 aromatic heterocycles. The van der Waals surface area contributed by atoms with Crippen LogP contribution >= 0.6 is 0 Å². The number of rotatable bonds is 10. The number of aliphatic hydroxyl groups is 1. The standard InChI is InChI=1S/C21H38O5/c1-10-20(7,8)21(9,19(4,5)6)18(24)26-14-16(22)12-11-13-25-17(23)15(2)3/h16,22H,2,10-14H2,1,3-9H3. The fraction of sp³-hybridized carbons (Fsp3) is 0.810. The predicted octanol–water partition coefficient (Wildman–Crippen LogP) is 4.28. The van der Waals surface area contributed by atoms with Gasteiger partial charge in [0, 0.05) is 5.57 Å². The number of carbonyl (C=O) groups excluding carboxylic acids is 2. The first-order valence-corrected chi connectivity index (χ1v) is 9.38. The molecule has 0 fully saturated rings. The lowest BCUT2D eigenvalue weighted by Gasteiger charge is -2.50. The smallest absolute Gasteiger partial charge is 0.333 e. The van der Waals surface area contributed by atoms with E-state index in [2.05, 4.69) is 27.4 Å². The average molecular weight is 371 g/mol. The van der Waals surface area contributed by atoms with Gasteiger partial charge in [0.05, 0.1) is 18.1 Å². The van der Waals surface area contributed by atoms with Crippen LogP contribution in [0.15, 0.2) is 12.2 Å². The molecule has 0 saturated carbocycles. The first-order valence-electron chi connectivity index (χ1n) is 9.38. The lowest BCUT2D eigenvalue weighted by atomic mass is 9.53. The summed E-state index contributed by atoms with van der Waals surface area (Å²) in [5.41, 5.74) is -0.875. The molecule has 0 heterocycles. The highest BCUT2D eigenvalue weighted by atomic mass is 16.5. The highest BCUT2D eigenvalue weighted by Gasteiger charge is 2.54. The first-order chi connectivity index (χ1) is 11.7. The van der Waals surface area contributed by atoms with Gasteiger partial charge in [0.25, 0.3) is 0 Å². The molecule has 2 atom stereocenters. The Labute approximate surface area is 159 Å². The third kappa shape index (κ3) is 6.11. The van der Waals surface area contributed by atoms with Crippen molar-refractivity contribution in [1.82, 2.24) is 0 Å². The maximum Gasteiger partial charge on any atom is 0.333 e. The number of ether oxygens (including phenoxy) is 2. The Morgan fingerprint density at radius 3 is 2.04 bits per heavy atom. The summed E-state index contributed by atoms with van der Waals surface area (Å²) in [6, 6.07) is 0. The number of esters is 2. The second kappa shape index (κ2) is 9.54. The van der Waals surface area contributed by atoms with Crippen LogP contribution in [-0.2, 0) is 19.1 Å². The summed E-state index contributed by atoms with van der Waals surface area (Å²) in [5.74, 6) is -0.724. The predicted molar refractivity (Wildman–Crippen MR) is 104 cm³/mol. The van der Waals surface area contributed by atoms with E-state index in [0.29, 0.717) is 18.4 Å². The van der Waals surface area contributed by atoms with Crippen LogP contribution in [0.2, 0.25) is 0 Å². The van der Waals surface area contributed by atoms with Crippen LogP contribution in [0.1, 0.15) is 74.7 Å². The Hall–Kier alpha value is -1.36. The molecule has 0 amide bonds. The second-order valence-electron chi connectivity index (χ2n) is 8.92. The topological polar surface area (TPSA) is 72.8 Å². The van der Waals surface area contributed by atoms with Crippen LogP contribution < -0.4 is 0 Å². The molecular weight excluding hydrogens is 332 g/mol. The van der Waals surface area contributed by atoms with Crippen molar-refractivity contribution in [3.63, 3.8) is 0 Å². The monoisotopic (exact) mass is 370 g/mol. The van der Waals surface area contributed by atoms with E-state index in [1.165, 1.54) is 0 Å². The van der Waals surface area contributed by atoms with E-state index in [-0.39, 0.29) is 30.0 Å². The Morgan fingerprint density at radius 1 is 1.08 bits per heavy atom. The SMILES string of the molecule is C=C(C)C(=O)OCCCC(O)COC(=O)C(C)(C(C)(C)C)C(C)(C)CC. The minimum Gasteiger partial charge on any atom is -0.462 e. The van der Waals surface area contributed by atoms with Crippen LogP contribution in [0.25, 0.3) is 0 Å². The molecule has 0 aromatic rings. The normalized spacial score (nSPS) is 15.7. The quantitative estimate of drug-likeness (QED) is 0.353. The molecule has 0 bridgehead atoms. The minimum absolute atomic E-state index is 0.0568. The largest absolute Gasteiger partial charge is 0.462 e. The molecule has 0 radical (unpaired) electrons. The molecule has 5 nitrogen and oxygen atoms in total. The van der Waals surface area contributed by atoms with Crippen molar-refractivity contribution in [1.29, 1.82) is 0 Å². The van der Waals surface area contributed by atoms with Crippen LogP contribution in [0, 0.1) is 16.2 Å². The summed E-state index contributed by atoms with van der Waals surface area (Å²) in [4.78, 5) is 24.2. The molecule has 1 N–H and O–H groups in total. The maximum absolute atomic E-state index is 12.9. The minimum atomic E-state index is -0.781. The zero-order chi connectivity index (χ0) is 20.8. The Kier molecular flexibility index (Phi) is 9.04. The molecule has 2 unspecified atom stereocenters. The Morgan fingerprint density at radius 2 is 1.62 bits per heavy atom. The third-order valence-electron chi connectivity index (χ3n) is 5.82. The lowest BCUT2D eigenvalue weighted by molar-refractivity contribution is -0.177. The summed E-state index contributed by atoms with van der Waals surface area (Å²) < 4.78 is 10.5. The molecule has 0 aliphatic rings. The lowest BCUT2D eigenvalue weighted by Crippen LogP contribution is -2.52. The van der Waals surface area contributed by atoms with Crippen molar-refractivity contribution < 1.29 is 24.2 Å². The van der Waals surface area contributed by atoms with Gasteiger partial charge in [0.15, 0.2) is 0 Å². The van der Waals surface area contributed by atoms with Gasteiger partial charge < -0.3 is 14.6 Å². The summed E-state index contributed by atoms with van der Waals surface area (Å²) in [6.45, 7) is 19.5. The van der Waals surface area contributed by atoms with Crippen LogP contribution in [0.3, 0.4) is 0 Å². The van der Waals surface area contributed by atoms with Gasteiger partial charge >= 0.3 is 11.9 Å². The molecule has 26 heavy (non-hydrogen) atoms. The van der Waals surface area contributed by atoms with Crippen molar-refractivity contribution in [3.8, 4) is 0 Å². The van der Waals surface area contributed by atoms with Crippen LogP contribution in [0.4, 0.5) is 0 Å². The zero-order valence-electron chi connectivity index (χ0n) is 17.9. The summed E-state index contributed by atoms with van der Waals surface area (Å²) >= 11 is 0. The van der Waals surface area contributed by atoms with Gasteiger partial charge in [-0.15, -0.1) is 0 Å². The van der Waals surface area contributed by atoms with Crippen LogP contribution in [0.5, 0.6) is 0 Å². The molecule has 5 heteroatoms. The molecule has 0 saturated heterocycles. The molecular formula is C21H38O5. The van der Waals surface area contributed by atoms with Gasteiger partial charge in [-0.05, 0) is 43.9 Å². The number of hydrogen-bond acceptors (Lipinski definition) is 5. The van der Waals surface area contributed by atoms with Crippen molar-refractivity contribution in [3.05, 3.63) is 12.2 Å². The number of carbonyl (C=O) groups is 2. The van der Waals surface area contributed by atoms with Crippen molar-refractivity contribution in [2.75, 3.05) is 13.2 Å². The Bertz CT molecular complexity index is 501. The van der Waals surface area contributed by atoms with E-state index < -0.39 is 17.5 Å². The van der Waals surface area contributed by atoms with E-state index in [1.54, 1.807) is 6.92 Å². The van der Waals surface area contributed by atoms with Crippen molar-refractivity contribution in [2.24, 2.45) is 16.2 Å². The molecule has 0 spiro atoms. The summed E-state index contributed by atoms with van der Waals surface area (Å²) in [7, 11) is 0. The second-order valence-corrected chi connectivity index (χ2v) is 8.92. The number of hydrogen-bond donors (Lipinski definition) is 1. The molecule has 0 aromatic carbocycles. The molecule has 0 aliphatic heterocycles. The van der Waals surface area contributed by atoms with Gasteiger partial charge in [-0.3, -0.25) is 4.79 Å². The number of aliphatic hydroxyl groups excluding tert-OH is 1. The van der Waals surface area contributed by atoms with Crippen LogP contribution in [-0.4, -0.2) is 36.4 Å². The van der Waals surface area contributed by atoms with E-state index in [9.17, 15) is 14.7 Å². The van der Waals surface area contributed by atoms with E-state index >= 15 is 0 Å². The van der Waals surface area contributed by atoms with Gasteiger partial charge in [0.2, 0.25) is 0 Å². The zero-order valence-corrected chi connectivity index (χ0v) is 17.9. The fourth-order valence-electron chi connectivity index (χ4n) is 2.96. The van der Waals surface area contributed by atoms with Gasteiger partial charge in [-0.25, -0.2) is 4.79 Å². The Balaban J connectivity index is 4.65. The highest BCUT2D eigenvalue weighted by Crippen LogP contribution is 2.53. The summed E-state index contributed by atoms with van der Waals surface area (Å²) in [5, 5.41) is 10.1. The summed E-state index contributed by atoms with van der Waals surface area (Å²) in [6.07, 6.45) is 0.943. The van der Waals surface area contributed by atoms with E-state index in [0.717, 1.165) is 6.42 Å². The van der Waals surface area contributed by atoms with Gasteiger partial charge in [0.1, 0.15) is 6.61 Å². The third-order valence-corrected chi connectivity index (χ3v) is 5.82. The average Bonchev–Trinajstić information content (AvgIpc) is 2.53. The maximum atomic E-state index is 12.9. The first kappa shape index (κ1) is 24.6. The van der Waals surface area contributed by atoms with Crippen molar-refractivity contribution >= 4 is 11.9 Å². The highest BCUT2D eigenvalue weighted by molar-refractivity contribution is 5.86. The fourth-order valence-corrected chi connectivity index (χ4v) is 2.96. The van der Waals surface area contributed by atoms with Gasteiger partial charge in [-0.2, -0.15) is 0 Å². The molecule has 152 valence electrons. The van der Waals surface area contributed by atoms with Crippen molar-refractivity contribution in [2.45, 2.75) is 80.8 Å². The van der Waals surface area contributed by atoms with E-state index in [1.807, 2.05) is 27.7 Å². The molecule has 0 aliphatic carbocycles. The van der Waals surface area contributed by atoms with E-state index in [4.69, 9.17) is 9.47 Å².